The summed E-state index contributed by atoms with van der Waals surface area (Å²) in [4.78, 5) is 89.4. The first-order chi connectivity index (χ1) is 25.7. The third-order valence-electron chi connectivity index (χ3n) is 9.35. The molecule has 298 valence electrons. The molecule has 0 aliphatic heterocycles. The predicted octanol–water partition coefficient (Wildman–Crippen LogP) is 5.43. The van der Waals surface area contributed by atoms with E-state index in [2.05, 4.69) is 0 Å². The van der Waals surface area contributed by atoms with E-state index in [1.54, 1.807) is 45.0 Å². The Labute approximate surface area is 320 Å². The Morgan fingerprint density at radius 1 is 0.673 bits per heavy atom. The van der Waals surface area contributed by atoms with E-state index in [-0.39, 0.29) is 29.7 Å². The summed E-state index contributed by atoms with van der Waals surface area (Å²) in [6.07, 6.45) is -2.22. The largest absolute Gasteiger partial charge is 0.461 e. The van der Waals surface area contributed by atoms with Crippen LogP contribution in [-0.4, -0.2) is 78.9 Å². The normalized spacial score (nSPS) is 23.9. The van der Waals surface area contributed by atoms with Crippen molar-refractivity contribution in [2.45, 2.75) is 113 Å². The molecule has 1 aromatic rings. The monoisotopic (exact) mass is 766 g/mol. The van der Waals surface area contributed by atoms with Gasteiger partial charge in [0.05, 0.1) is 0 Å². The number of fused-ring (bicyclic) bond motifs is 2. The fourth-order valence-corrected chi connectivity index (χ4v) is 7.03. The number of benzene rings is 1. The van der Waals surface area contributed by atoms with Crippen molar-refractivity contribution in [2.75, 3.05) is 6.61 Å². The number of carbonyl (C=O) groups is 7. The first-order valence-corrected chi connectivity index (χ1v) is 17.8. The topological polar surface area (TPSA) is 184 Å². The van der Waals surface area contributed by atoms with Crippen LogP contribution in [0.4, 0.5) is 0 Å². The van der Waals surface area contributed by atoms with Gasteiger partial charge in [0.15, 0.2) is 11.9 Å². The minimum Gasteiger partial charge on any atom is -0.461 e. The minimum atomic E-state index is -1.45. The van der Waals surface area contributed by atoms with Crippen LogP contribution in [0.3, 0.4) is 0 Å². The van der Waals surface area contributed by atoms with Gasteiger partial charge in [-0.1, -0.05) is 44.2 Å². The summed E-state index contributed by atoms with van der Waals surface area (Å²) in [5.74, 6) is -6.12. The standard InChI is InChI=1S/C41H50O14/c1-22-33(50-25(4)43)19-32-36(52-27(6)45)18-31(21-49-24(3)42)35(55-37(48)17-16-30-14-12-11-13-15-30)20-34(51-26(5)44)23(2)39(53-28(7)46)40(54-29(8)47)38(22)41(32,9)10/h11-18,32-36,40H,19-21H2,1-10H3. The third-order valence-corrected chi connectivity index (χ3v) is 9.35. The summed E-state index contributed by atoms with van der Waals surface area (Å²) in [6.45, 7) is 13.4. The van der Waals surface area contributed by atoms with Crippen molar-refractivity contribution >= 4 is 47.9 Å². The van der Waals surface area contributed by atoms with Crippen LogP contribution in [-0.2, 0) is 66.7 Å². The van der Waals surface area contributed by atoms with Crippen molar-refractivity contribution in [3.05, 3.63) is 76.1 Å². The Morgan fingerprint density at radius 3 is 1.76 bits per heavy atom. The maximum atomic E-state index is 13.5. The molecule has 2 bridgehead atoms. The molecule has 2 aliphatic carbocycles. The minimum absolute atomic E-state index is 0.0932. The molecule has 0 radical (unpaired) electrons. The van der Waals surface area contributed by atoms with Gasteiger partial charge in [-0.2, -0.15) is 0 Å². The van der Waals surface area contributed by atoms with Gasteiger partial charge in [0.25, 0.3) is 0 Å². The molecule has 6 atom stereocenters. The van der Waals surface area contributed by atoms with Crippen LogP contribution in [0.15, 0.2) is 70.5 Å². The molecule has 0 heterocycles. The maximum Gasteiger partial charge on any atom is 0.331 e. The molecular formula is C41H50O14. The highest BCUT2D eigenvalue weighted by Crippen LogP contribution is 2.52. The SMILES string of the molecule is CC(=O)OCC1=CC(OC(C)=O)C2CC(OC(C)=O)C(C)=C(C(OC(C)=O)C(OC(C)=O)=C(C)C(OC(C)=O)CC1OC(=O)C=Cc1ccccc1)C2(C)C. The molecule has 2 aliphatic rings. The van der Waals surface area contributed by atoms with E-state index < -0.39 is 90.2 Å². The first-order valence-electron chi connectivity index (χ1n) is 17.8. The molecule has 14 heteroatoms. The summed E-state index contributed by atoms with van der Waals surface area (Å²) in [5, 5.41) is 0. The lowest BCUT2D eigenvalue weighted by molar-refractivity contribution is -0.156. The lowest BCUT2D eigenvalue weighted by atomic mass is 9.60. The van der Waals surface area contributed by atoms with Gasteiger partial charge in [-0.05, 0) is 54.5 Å². The van der Waals surface area contributed by atoms with Crippen molar-refractivity contribution in [2.24, 2.45) is 11.3 Å². The molecule has 1 aromatic carbocycles. The Balaban J connectivity index is 2.51. The Bertz CT molecular complexity index is 1780. The second-order valence-corrected chi connectivity index (χ2v) is 14.0. The van der Waals surface area contributed by atoms with Crippen molar-refractivity contribution in [3.8, 4) is 0 Å². The first kappa shape index (κ1) is 43.9. The predicted molar refractivity (Wildman–Crippen MR) is 196 cm³/mol. The van der Waals surface area contributed by atoms with E-state index in [4.69, 9.17) is 33.2 Å². The van der Waals surface area contributed by atoms with Gasteiger partial charge in [-0.25, -0.2) is 4.79 Å². The Morgan fingerprint density at radius 2 is 1.24 bits per heavy atom. The summed E-state index contributed by atoms with van der Waals surface area (Å²) in [5.41, 5.74) is 0.698. The molecule has 14 nitrogen and oxygen atoms in total. The number of esters is 7. The maximum absolute atomic E-state index is 13.5. The van der Waals surface area contributed by atoms with Gasteiger partial charge in [0.1, 0.15) is 31.0 Å². The molecule has 0 aromatic heterocycles. The highest BCUT2D eigenvalue weighted by Gasteiger charge is 2.51. The summed E-state index contributed by atoms with van der Waals surface area (Å²) < 4.78 is 40.8. The third kappa shape index (κ3) is 12.2. The smallest absolute Gasteiger partial charge is 0.331 e. The van der Waals surface area contributed by atoms with Crippen molar-refractivity contribution in [1.29, 1.82) is 0 Å². The molecule has 0 amide bonds. The van der Waals surface area contributed by atoms with E-state index in [0.29, 0.717) is 16.7 Å². The Kier molecular flexibility index (Phi) is 15.3. The zero-order valence-corrected chi connectivity index (χ0v) is 32.9. The summed E-state index contributed by atoms with van der Waals surface area (Å²) >= 11 is 0. The molecule has 0 saturated heterocycles. The second kappa shape index (κ2) is 19.2. The highest BCUT2D eigenvalue weighted by molar-refractivity contribution is 5.87. The van der Waals surface area contributed by atoms with Crippen LogP contribution < -0.4 is 0 Å². The Hall–Kier alpha value is -5.53. The fourth-order valence-electron chi connectivity index (χ4n) is 7.03. The van der Waals surface area contributed by atoms with Crippen LogP contribution in [0, 0.1) is 11.3 Å². The van der Waals surface area contributed by atoms with Crippen molar-refractivity contribution < 1.29 is 66.7 Å². The van der Waals surface area contributed by atoms with Gasteiger partial charge in [-0.15, -0.1) is 0 Å². The van der Waals surface area contributed by atoms with Crippen LogP contribution in [0.1, 0.15) is 87.6 Å². The van der Waals surface area contributed by atoms with Gasteiger partial charge in [-0.3, -0.25) is 28.8 Å². The fraction of sp³-hybridized carbons (Fsp3) is 0.488. The van der Waals surface area contributed by atoms with Gasteiger partial charge in [0.2, 0.25) is 0 Å². The molecule has 6 unspecified atom stereocenters. The van der Waals surface area contributed by atoms with E-state index in [1.807, 2.05) is 6.07 Å². The van der Waals surface area contributed by atoms with E-state index >= 15 is 0 Å². The van der Waals surface area contributed by atoms with E-state index in [0.717, 1.165) is 20.8 Å². The van der Waals surface area contributed by atoms with Crippen LogP contribution >= 0.6 is 0 Å². The lowest BCUT2D eigenvalue weighted by Crippen LogP contribution is -2.49. The van der Waals surface area contributed by atoms with E-state index in [9.17, 15) is 33.6 Å². The lowest BCUT2D eigenvalue weighted by Gasteiger charge is -2.48. The van der Waals surface area contributed by atoms with Gasteiger partial charge in [0, 0.05) is 71.1 Å². The molecular weight excluding hydrogens is 716 g/mol. The van der Waals surface area contributed by atoms with Crippen molar-refractivity contribution in [3.63, 3.8) is 0 Å². The number of hydrogen-bond donors (Lipinski definition) is 0. The van der Waals surface area contributed by atoms with Crippen molar-refractivity contribution in [1.82, 2.24) is 0 Å². The number of rotatable bonds is 10. The average Bonchev–Trinajstić information content (AvgIpc) is 3.06. The molecule has 55 heavy (non-hydrogen) atoms. The average molecular weight is 767 g/mol. The highest BCUT2D eigenvalue weighted by atomic mass is 16.6. The second-order valence-electron chi connectivity index (χ2n) is 14.0. The molecule has 0 spiro atoms. The summed E-state index contributed by atoms with van der Waals surface area (Å²) in [7, 11) is 0. The zero-order valence-electron chi connectivity index (χ0n) is 32.9. The molecule has 0 saturated carbocycles. The number of hydrogen-bond acceptors (Lipinski definition) is 14. The van der Waals surface area contributed by atoms with Crippen LogP contribution in [0.2, 0.25) is 0 Å². The zero-order chi connectivity index (χ0) is 41.2. The summed E-state index contributed by atoms with van der Waals surface area (Å²) in [6, 6.07) is 8.94. The number of ether oxygens (including phenoxy) is 7. The van der Waals surface area contributed by atoms with Crippen LogP contribution in [0.25, 0.3) is 6.08 Å². The van der Waals surface area contributed by atoms with Gasteiger partial charge < -0.3 is 33.2 Å². The molecule has 0 fully saturated rings. The van der Waals surface area contributed by atoms with Gasteiger partial charge >= 0.3 is 41.8 Å². The van der Waals surface area contributed by atoms with E-state index in [1.165, 1.54) is 45.9 Å². The number of carbonyl (C=O) groups excluding carboxylic acids is 7. The van der Waals surface area contributed by atoms with Crippen LogP contribution in [0.5, 0.6) is 0 Å². The molecule has 3 rings (SSSR count). The molecule has 0 N–H and O–H groups in total. The quantitative estimate of drug-likeness (QED) is 0.127.